The Morgan fingerprint density at radius 2 is 2.33 bits per heavy atom. The molecule has 0 aromatic rings. The molecule has 2 aliphatic heterocycles. The van der Waals surface area contributed by atoms with Gasteiger partial charge in [0.15, 0.2) is 0 Å². The van der Waals surface area contributed by atoms with Crippen molar-refractivity contribution in [1.29, 1.82) is 0 Å². The van der Waals surface area contributed by atoms with Crippen LogP contribution in [-0.2, 0) is 4.74 Å². The highest BCUT2D eigenvalue weighted by atomic mass is 16.5. The van der Waals surface area contributed by atoms with Crippen LogP contribution < -0.4 is 11.1 Å². The molecule has 0 spiro atoms. The number of hydrogen-bond acceptors (Lipinski definition) is 3. The molecule has 9 heavy (non-hydrogen) atoms. The Morgan fingerprint density at radius 3 is 3.00 bits per heavy atom. The number of ether oxygens (including phenoxy) is 1. The minimum atomic E-state index is 0.282. The van der Waals surface area contributed by atoms with Crippen molar-refractivity contribution < 1.29 is 4.74 Å². The Bertz CT molecular complexity index is 116. The van der Waals surface area contributed by atoms with Crippen molar-refractivity contribution in [3.63, 3.8) is 0 Å². The monoisotopic (exact) mass is 128 g/mol. The Kier molecular flexibility index (Phi) is 1.22. The van der Waals surface area contributed by atoms with Crippen LogP contribution in [0, 0.1) is 0 Å². The first-order valence-electron chi connectivity index (χ1n) is 3.48. The highest BCUT2D eigenvalue weighted by Crippen LogP contribution is 2.20. The van der Waals surface area contributed by atoms with Crippen molar-refractivity contribution >= 4 is 0 Å². The van der Waals surface area contributed by atoms with Gasteiger partial charge in [0, 0.05) is 19.1 Å². The number of rotatable bonds is 0. The summed E-state index contributed by atoms with van der Waals surface area (Å²) >= 11 is 0. The van der Waals surface area contributed by atoms with Gasteiger partial charge in [-0.1, -0.05) is 0 Å². The Balaban J connectivity index is 2.07. The summed E-state index contributed by atoms with van der Waals surface area (Å²) in [4.78, 5) is 0. The molecule has 3 nitrogen and oxygen atoms in total. The van der Waals surface area contributed by atoms with Crippen LogP contribution in [0.25, 0.3) is 0 Å². The largest absolute Gasteiger partial charge is 0.371 e. The Hall–Kier alpha value is -0.120. The molecule has 0 aromatic heterocycles. The SMILES string of the molecule is N[C@H]1C[C@@H]2CNCC1O2. The van der Waals surface area contributed by atoms with Gasteiger partial charge in [-0.3, -0.25) is 0 Å². The van der Waals surface area contributed by atoms with Crippen LogP contribution in [0.15, 0.2) is 0 Å². The van der Waals surface area contributed by atoms with Gasteiger partial charge < -0.3 is 15.8 Å². The summed E-state index contributed by atoms with van der Waals surface area (Å²) in [6.45, 7) is 1.93. The maximum Gasteiger partial charge on any atom is 0.0855 e. The minimum absolute atomic E-state index is 0.282. The maximum atomic E-state index is 5.75. The number of nitrogens with two attached hydrogens (primary N) is 1. The van der Waals surface area contributed by atoms with E-state index in [4.69, 9.17) is 10.5 Å². The first kappa shape index (κ1) is 5.65. The second-order valence-corrected chi connectivity index (χ2v) is 2.85. The molecular weight excluding hydrogens is 116 g/mol. The van der Waals surface area contributed by atoms with E-state index in [1.807, 2.05) is 0 Å². The van der Waals surface area contributed by atoms with Gasteiger partial charge in [-0.15, -0.1) is 0 Å². The number of morpholine rings is 1. The molecule has 2 saturated heterocycles. The normalized spacial score (nSPS) is 49.7. The van der Waals surface area contributed by atoms with E-state index in [2.05, 4.69) is 5.32 Å². The molecule has 0 aromatic carbocycles. The third kappa shape index (κ3) is 0.852. The van der Waals surface area contributed by atoms with E-state index in [0.717, 1.165) is 19.5 Å². The molecule has 52 valence electrons. The zero-order chi connectivity index (χ0) is 6.27. The van der Waals surface area contributed by atoms with E-state index in [-0.39, 0.29) is 6.04 Å². The van der Waals surface area contributed by atoms with E-state index in [1.165, 1.54) is 0 Å². The summed E-state index contributed by atoms with van der Waals surface area (Å²) in [6.07, 6.45) is 1.74. The van der Waals surface area contributed by atoms with Crippen LogP contribution in [0.1, 0.15) is 6.42 Å². The number of nitrogens with one attached hydrogen (secondary N) is 1. The van der Waals surface area contributed by atoms with E-state index in [0.29, 0.717) is 12.2 Å². The molecule has 1 unspecified atom stereocenters. The second-order valence-electron chi connectivity index (χ2n) is 2.85. The molecule has 0 aliphatic carbocycles. The van der Waals surface area contributed by atoms with E-state index in [1.54, 1.807) is 0 Å². The van der Waals surface area contributed by atoms with Gasteiger partial charge in [-0.05, 0) is 6.42 Å². The van der Waals surface area contributed by atoms with Crippen molar-refractivity contribution in [2.75, 3.05) is 13.1 Å². The average Bonchev–Trinajstić information content (AvgIpc) is 2.09. The Labute approximate surface area is 54.6 Å². The van der Waals surface area contributed by atoms with Gasteiger partial charge in [0.05, 0.1) is 12.2 Å². The van der Waals surface area contributed by atoms with Crippen LogP contribution in [-0.4, -0.2) is 31.3 Å². The molecule has 3 N–H and O–H groups in total. The molecule has 2 aliphatic rings. The van der Waals surface area contributed by atoms with Gasteiger partial charge in [0.25, 0.3) is 0 Å². The first-order valence-corrected chi connectivity index (χ1v) is 3.48. The summed E-state index contributed by atoms with van der Waals surface area (Å²) in [5, 5.41) is 3.27. The fourth-order valence-corrected chi connectivity index (χ4v) is 1.58. The molecular formula is C6H12N2O. The highest BCUT2D eigenvalue weighted by molar-refractivity contribution is 4.91. The second kappa shape index (κ2) is 1.94. The van der Waals surface area contributed by atoms with E-state index in [9.17, 15) is 0 Å². The smallest absolute Gasteiger partial charge is 0.0855 e. The molecule has 2 fully saturated rings. The molecule has 3 atom stereocenters. The summed E-state index contributed by atoms with van der Waals surface area (Å²) < 4.78 is 5.52. The zero-order valence-electron chi connectivity index (χ0n) is 5.34. The van der Waals surface area contributed by atoms with Gasteiger partial charge in [-0.2, -0.15) is 0 Å². The van der Waals surface area contributed by atoms with Gasteiger partial charge in [0.2, 0.25) is 0 Å². The summed E-state index contributed by atoms with van der Waals surface area (Å²) in [5.41, 5.74) is 5.75. The van der Waals surface area contributed by atoms with Crippen molar-refractivity contribution in [2.45, 2.75) is 24.7 Å². The number of hydrogen-bond donors (Lipinski definition) is 2. The predicted octanol–water partition coefficient (Wildman–Crippen LogP) is -0.926. The predicted molar refractivity (Wildman–Crippen MR) is 34.1 cm³/mol. The lowest BCUT2D eigenvalue weighted by atomic mass is 10.1. The zero-order valence-corrected chi connectivity index (χ0v) is 5.34. The van der Waals surface area contributed by atoms with Crippen molar-refractivity contribution in [2.24, 2.45) is 5.73 Å². The van der Waals surface area contributed by atoms with Gasteiger partial charge in [-0.25, -0.2) is 0 Å². The summed E-state index contributed by atoms with van der Waals surface area (Å²) in [5.74, 6) is 0. The first-order chi connectivity index (χ1) is 4.36. The van der Waals surface area contributed by atoms with Crippen molar-refractivity contribution in [1.82, 2.24) is 5.32 Å². The standard InChI is InChI=1S/C6H12N2O/c7-5-1-4-2-8-3-6(5)9-4/h4-6,8H,1-3,7H2/t4-,5+,6?/m1/s1. The molecule has 2 bridgehead atoms. The van der Waals surface area contributed by atoms with Crippen LogP contribution in [0.3, 0.4) is 0 Å². The van der Waals surface area contributed by atoms with Crippen LogP contribution in [0.5, 0.6) is 0 Å². The maximum absolute atomic E-state index is 5.75. The minimum Gasteiger partial charge on any atom is -0.371 e. The molecule has 3 heteroatoms. The third-order valence-electron chi connectivity index (χ3n) is 2.10. The van der Waals surface area contributed by atoms with Crippen LogP contribution in [0.2, 0.25) is 0 Å². The highest BCUT2D eigenvalue weighted by Gasteiger charge is 2.35. The average molecular weight is 128 g/mol. The number of fused-ring (bicyclic) bond motifs is 2. The van der Waals surface area contributed by atoms with Gasteiger partial charge in [0.1, 0.15) is 0 Å². The van der Waals surface area contributed by atoms with Crippen molar-refractivity contribution in [3.8, 4) is 0 Å². The van der Waals surface area contributed by atoms with E-state index < -0.39 is 0 Å². The molecule has 2 heterocycles. The molecule has 0 saturated carbocycles. The van der Waals surface area contributed by atoms with Crippen LogP contribution >= 0.6 is 0 Å². The van der Waals surface area contributed by atoms with E-state index >= 15 is 0 Å². The summed E-state index contributed by atoms with van der Waals surface area (Å²) in [7, 11) is 0. The molecule has 0 amide bonds. The third-order valence-corrected chi connectivity index (χ3v) is 2.10. The van der Waals surface area contributed by atoms with Crippen LogP contribution in [0.4, 0.5) is 0 Å². The fourth-order valence-electron chi connectivity index (χ4n) is 1.58. The molecule has 2 rings (SSSR count). The topological polar surface area (TPSA) is 47.3 Å². The molecule has 0 radical (unpaired) electrons. The summed E-state index contributed by atoms with van der Waals surface area (Å²) in [6, 6.07) is 0.282. The Morgan fingerprint density at radius 1 is 1.44 bits per heavy atom. The van der Waals surface area contributed by atoms with Crippen molar-refractivity contribution in [3.05, 3.63) is 0 Å². The fraction of sp³-hybridized carbons (Fsp3) is 1.00. The quantitative estimate of drug-likeness (QED) is 0.443. The lowest BCUT2D eigenvalue weighted by Gasteiger charge is -2.21. The van der Waals surface area contributed by atoms with Gasteiger partial charge >= 0.3 is 0 Å². The lowest BCUT2D eigenvalue weighted by molar-refractivity contribution is 0.0153. The lowest BCUT2D eigenvalue weighted by Crippen LogP contribution is -2.42.